The average molecular weight is 408 g/mol. The Balaban J connectivity index is 2.14. The molecule has 0 spiro atoms. The highest BCUT2D eigenvalue weighted by molar-refractivity contribution is 9.10. The van der Waals surface area contributed by atoms with Gasteiger partial charge in [0, 0.05) is 31.3 Å². The Hall–Kier alpha value is -1.52. The summed E-state index contributed by atoms with van der Waals surface area (Å²) < 4.78 is 5.37. The number of primary amides is 1. The van der Waals surface area contributed by atoms with Crippen LogP contribution in [0.3, 0.4) is 0 Å². The van der Waals surface area contributed by atoms with Crippen molar-refractivity contribution in [2.45, 2.75) is 12.5 Å². The molecular weight excluding hydrogens is 390 g/mol. The molecule has 5 N–H and O–H groups in total. The predicted molar refractivity (Wildman–Crippen MR) is 88.9 cm³/mol. The lowest BCUT2D eigenvalue weighted by molar-refractivity contribution is -0.121. The fourth-order valence-corrected chi connectivity index (χ4v) is 2.49. The van der Waals surface area contributed by atoms with Crippen LogP contribution in [0.15, 0.2) is 21.4 Å². The highest BCUT2D eigenvalue weighted by atomic mass is 79.9. The van der Waals surface area contributed by atoms with E-state index >= 15 is 0 Å². The van der Waals surface area contributed by atoms with Crippen molar-refractivity contribution in [2.24, 2.45) is 5.73 Å². The molecule has 23 heavy (non-hydrogen) atoms. The summed E-state index contributed by atoms with van der Waals surface area (Å²) in [5.74, 6) is -0.409. The van der Waals surface area contributed by atoms with Crippen molar-refractivity contribution in [3.05, 3.63) is 22.6 Å². The molecule has 0 aliphatic carbocycles. The molecule has 0 saturated carbocycles. The normalized spacial score (nSPS) is 11.7. The molecule has 0 aliphatic heterocycles. The second-order valence-electron chi connectivity index (χ2n) is 4.58. The third-order valence-electron chi connectivity index (χ3n) is 2.58. The first-order valence-corrected chi connectivity index (χ1v) is 8.66. The molecule has 1 aromatic rings. The number of hydrogen-bond acceptors (Lipinski definition) is 6. The van der Waals surface area contributed by atoms with Gasteiger partial charge in [-0.3, -0.25) is 14.4 Å². The van der Waals surface area contributed by atoms with E-state index in [0.29, 0.717) is 16.0 Å². The minimum atomic E-state index is -0.906. The van der Waals surface area contributed by atoms with Crippen LogP contribution in [-0.4, -0.2) is 53.5 Å². The van der Waals surface area contributed by atoms with Crippen molar-refractivity contribution in [1.29, 1.82) is 0 Å². The van der Waals surface area contributed by atoms with Crippen molar-refractivity contribution < 1.29 is 23.9 Å². The van der Waals surface area contributed by atoms with Crippen LogP contribution < -0.4 is 16.4 Å². The third-order valence-corrected chi connectivity index (χ3v) is 3.98. The zero-order valence-corrected chi connectivity index (χ0v) is 14.6. The summed E-state index contributed by atoms with van der Waals surface area (Å²) in [7, 11) is 0. The molecule has 1 rings (SSSR count). The second kappa shape index (κ2) is 10.3. The van der Waals surface area contributed by atoms with Crippen LogP contribution in [0, 0.1) is 0 Å². The zero-order valence-electron chi connectivity index (χ0n) is 12.2. The minimum absolute atomic E-state index is 0.00165. The van der Waals surface area contributed by atoms with Gasteiger partial charge < -0.3 is 25.9 Å². The Morgan fingerprint density at radius 1 is 1.35 bits per heavy atom. The monoisotopic (exact) mass is 407 g/mol. The van der Waals surface area contributed by atoms with Gasteiger partial charge >= 0.3 is 0 Å². The minimum Gasteiger partial charge on any atom is -0.457 e. The molecule has 1 aromatic heterocycles. The number of carbonyl (C=O) groups is 3. The van der Waals surface area contributed by atoms with Crippen molar-refractivity contribution in [2.75, 3.05) is 24.6 Å². The first-order chi connectivity index (χ1) is 10.9. The molecule has 8 nitrogen and oxygen atoms in total. The van der Waals surface area contributed by atoms with E-state index in [4.69, 9.17) is 10.2 Å². The average Bonchev–Trinajstić information content (AvgIpc) is 2.93. The summed E-state index contributed by atoms with van der Waals surface area (Å²) in [5.41, 5.74) is 5.31. The van der Waals surface area contributed by atoms with Gasteiger partial charge in [0.05, 0.1) is 17.4 Å². The van der Waals surface area contributed by atoms with Crippen LogP contribution in [0.25, 0.3) is 0 Å². The highest BCUT2D eigenvalue weighted by Crippen LogP contribution is 2.13. The SMILES string of the molecule is NC(=O)CSCCC(=O)NCC(O)CNC(=O)c1coc(Br)c1. The van der Waals surface area contributed by atoms with Gasteiger partial charge in [-0.2, -0.15) is 11.8 Å². The molecule has 3 amide bonds. The smallest absolute Gasteiger partial charge is 0.254 e. The van der Waals surface area contributed by atoms with Gasteiger partial charge in [0.2, 0.25) is 11.8 Å². The van der Waals surface area contributed by atoms with E-state index in [2.05, 4.69) is 26.6 Å². The quantitative estimate of drug-likeness (QED) is 0.398. The van der Waals surface area contributed by atoms with Gasteiger partial charge in [-0.25, -0.2) is 0 Å². The highest BCUT2D eigenvalue weighted by Gasteiger charge is 2.12. The van der Waals surface area contributed by atoms with Crippen molar-refractivity contribution in [1.82, 2.24) is 10.6 Å². The molecule has 0 radical (unpaired) electrons. The van der Waals surface area contributed by atoms with Crippen LogP contribution in [0.4, 0.5) is 0 Å². The Bertz CT molecular complexity index is 551. The fourth-order valence-electron chi connectivity index (χ4n) is 1.47. The van der Waals surface area contributed by atoms with E-state index in [0.717, 1.165) is 0 Å². The number of nitrogens with two attached hydrogens (primary N) is 1. The molecule has 1 unspecified atom stereocenters. The molecule has 1 heterocycles. The first-order valence-electron chi connectivity index (χ1n) is 6.71. The van der Waals surface area contributed by atoms with E-state index < -0.39 is 12.0 Å². The van der Waals surface area contributed by atoms with E-state index in [1.807, 2.05) is 0 Å². The maximum atomic E-state index is 11.7. The van der Waals surface area contributed by atoms with Crippen LogP contribution >= 0.6 is 27.7 Å². The Morgan fingerprint density at radius 2 is 2.04 bits per heavy atom. The van der Waals surface area contributed by atoms with E-state index in [9.17, 15) is 19.5 Å². The number of halogens is 1. The molecule has 0 saturated heterocycles. The maximum Gasteiger partial charge on any atom is 0.254 e. The van der Waals surface area contributed by atoms with Crippen LogP contribution in [0.1, 0.15) is 16.8 Å². The number of aliphatic hydroxyl groups excluding tert-OH is 1. The van der Waals surface area contributed by atoms with Crippen molar-refractivity contribution in [3.8, 4) is 0 Å². The maximum absolute atomic E-state index is 11.7. The summed E-state index contributed by atoms with van der Waals surface area (Å²) in [6.07, 6.45) is 0.605. The molecule has 0 fully saturated rings. The Morgan fingerprint density at radius 3 is 2.65 bits per heavy atom. The number of amides is 3. The molecule has 0 aromatic carbocycles. The van der Waals surface area contributed by atoms with Gasteiger partial charge in [-0.15, -0.1) is 0 Å². The number of thioether (sulfide) groups is 1. The lowest BCUT2D eigenvalue weighted by Gasteiger charge is -2.12. The molecule has 1 atom stereocenters. The summed E-state index contributed by atoms with van der Waals surface area (Å²) >= 11 is 4.35. The predicted octanol–water partition coefficient (Wildman–Crippen LogP) is -0.142. The largest absolute Gasteiger partial charge is 0.457 e. The molecule has 0 bridgehead atoms. The Labute approximate surface area is 145 Å². The standard InChI is InChI=1S/C13H18BrN3O5S/c14-10-3-8(6-22-10)13(21)17-5-9(18)4-16-12(20)1-2-23-7-11(15)19/h3,6,9,18H,1-2,4-5,7H2,(H2,15,19)(H,16,20)(H,17,21). The number of aliphatic hydroxyl groups is 1. The number of furan rings is 1. The topological polar surface area (TPSA) is 135 Å². The lowest BCUT2D eigenvalue weighted by atomic mass is 10.3. The van der Waals surface area contributed by atoms with E-state index in [1.54, 1.807) is 0 Å². The lowest BCUT2D eigenvalue weighted by Crippen LogP contribution is -2.40. The molecular formula is C13H18BrN3O5S. The Kier molecular flexibility index (Phi) is 8.74. The first kappa shape index (κ1) is 19.5. The summed E-state index contributed by atoms with van der Waals surface area (Å²) in [6, 6.07) is 1.51. The number of hydrogen-bond donors (Lipinski definition) is 4. The number of rotatable bonds is 10. The van der Waals surface area contributed by atoms with Gasteiger partial charge in [0.15, 0.2) is 4.67 Å². The van der Waals surface area contributed by atoms with Gasteiger partial charge in [0.1, 0.15) is 6.26 Å². The van der Waals surface area contributed by atoms with E-state index in [-0.39, 0.29) is 37.1 Å². The summed E-state index contributed by atoms with van der Waals surface area (Å²) in [6.45, 7) is 0.0209. The third kappa shape index (κ3) is 8.62. The zero-order chi connectivity index (χ0) is 17.2. The van der Waals surface area contributed by atoms with Gasteiger partial charge in [0.25, 0.3) is 5.91 Å². The number of carbonyl (C=O) groups excluding carboxylic acids is 3. The van der Waals surface area contributed by atoms with Gasteiger partial charge in [-0.1, -0.05) is 0 Å². The van der Waals surface area contributed by atoms with Gasteiger partial charge in [-0.05, 0) is 15.9 Å². The van der Waals surface area contributed by atoms with Crippen molar-refractivity contribution in [3.63, 3.8) is 0 Å². The van der Waals surface area contributed by atoms with Crippen LogP contribution in [0.5, 0.6) is 0 Å². The molecule has 128 valence electrons. The summed E-state index contributed by atoms with van der Waals surface area (Å²) in [5, 5.41) is 14.8. The van der Waals surface area contributed by atoms with Crippen LogP contribution in [-0.2, 0) is 9.59 Å². The molecule has 0 aliphatic rings. The number of nitrogens with one attached hydrogen (secondary N) is 2. The van der Waals surface area contributed by atoms with Crippen molar-refractivity contribution >= 4 is 45.4 Å². The van der Waals surface area contributed by atoms with E-state index in [1.165, 1.54) is 24.1 Å². The summed E-state index contributed by atoms with van der Waals surface area (Å²) in [4.78, 5) is 33.7. The fraction of sp³-hybridized carbons (Fsp3) is 0.462. The molecule has 10 heteroatoms. The van der Waals surface area contributed by atoms with Crippen LogP contribution in [0.2, 0.25) is 0 Å². The second-order valence-corrected chi connectivity index (χ2v) is 6.46.